The van der Waals surface area contributed by atoms with E-state index in [9.17, 15) is 0 Å². The molecule has 1 unspecified atom stereocenters. The summed E-state index contributed by atoms with van der Waals surface area (Å²) in [6.45, 7) is 6.60. The molecule has 88 valence electrons. The molecule has 3 rings (SSSR count). The van der Waals surface area contributed by atoms with Crippen molar-refractivity contribution in [2.24, 2.45) is 5.92 Å². The Balaban J connectivity index is 1.95. The Hall–Kier alpha value is -0.830. The molecule has 1 aliphatic heterocycles. The SMILES string of the molecule is Cc1nc2c(n1C(C)C1CCC1)CCNC2. The Labute approximate surface area is 97.3 Å². The quantitative estimate of drug-likeness (QED) is 0.826. The molecule has 0 radical (unpaired) electrons. The number of aryl methyl sites for hydroxylation is 1. The van der Waals surface area contributed by atoms with Gasteiger partial charge in [0.2, 0.25) is 0 Å². The van der Waals surface area contributed by atoms with Crippen LogP contribution < -0.4 is 5.32 Å². The van der Waals surface area contributed by atoms with E-state index in [2.05, 4.69) is 23.7 Å². The third kappa shape index (κ3) is 1.49. The number of aromatic nitrogens is 2. The largest absolute Gasteiger partial charge is 0.329 e. The van der Waals surface area contributed by atoms with E-state index in [-0.39, 0.29) is 0 Å². The molecule has 3 heteroatoms. The average Bonchev–Trinajstić information content (AvgIpc) is 2.50. The molecule has 0 amide bonds. The first-order valence-corrected chi connectivity index (χ1v) is 6.54. The second-order valence-electron chi connectivity index (χ2n) is 5.28. The molecule has 1 aromatic heterocycles. The minimum Gasteiger partial charge on any atom is -0.329 e. The zero-order valence-corrected chi connectivity index (χ0v) is 10.3. The van der Waals surface area contributed by atoms with Gasteiger partial charge in [-0.15, -0.1) is 0 Å². The summed E-state index contributed by atoms with van der Waals surface area (Å²) < 4.78 is 2.51. The minimum atomic E-state index is 0.656. The average molecular weight is 219 g/mol. The number of nitrogens with one attached hydrogen (secondary N) is 1. The van der Waals surface area contributed by atoms with Gasteiger partial charge in [-0.3, -0.25) is 0 Å². The summed E-state index contributed by atoms with van der Waals surface area (Å²) in [6, 6.07) is 0.656. The van der Waals surface area contributed by atoms with Crippen molar-refractivity contribution >= 4 is 0 Å². The molecule has 2 heterocycles. The third-order valence-corrected chi connectivity index (χ3v) is 4.34. The molecular formula is C13H21N3. The zero-order valence-electron chi connectivity index (χ0n) is 10.3. The molecule has 1 aromatic rings. The maximum Gasteiger partial charge on any atom is 0.106 e. The van der Waals surface area contributed by atoms with Crippen LogP contribution in [-0.2, 0) is 13.0 Å². The molecule has 1 fully saturated rings. The van der Waals surface area contributed by atoms with Crippen molar-refractivity contribution in [3.05, 3.63) is 17.2 Å². The van der Waals surface area contributed by atoms with E-state index in [4.69, 9.17) is 4.98 Å². The monoisotopic (exact) mass is 219 g/mol. The van der Waals surface area contributed by atoms with Crippen molar-refractivity contribution in [1.82, 2.24) is 14.9 Å². The van der Waals surface area contributed by atoms with E-state index in [0.717, 1.165) is 25.4 Å². The van der Waals surface area contributed by atoms with Crippen molar-refractivity contribution in [1.29, 1.82) is 0 Å². The minimum absolute atomic E-state index is 0.656. The highest BCUT2D eigenvalue weighted by Crippen LogP contribution is 2.37. The van der Waals surface area contributed by atoms with Gasteiger partial charge in [0.25, 0.3) is 0 Å². The molecule has 1 N–H and O–H groups in total. The van der Waals surface area contributed by atoms with E-state index in [1.807, 2.05) is 0 Å². The van der Waals surface area contributed by atoms with Crippen LogP contribution in [0.5, 0.6) is 0 Å². The van der Waals surface area contributed by atoms with Gasteiger partial charge in [0.05, 0.1) is 5.69 Å². The highest BCUT2D eigenvalue weighted by atomic mass is 15.1. The van der Waals surface area contributed by atoms with Crippen molar-refractivity contribution in [2.45, 2.75) is 52.1 Å². The Morgan fingerprint density at radius 3 is 2.94 bits per heavy atom. The lowest BCUT2D eigenvalue weighted by molar-refractivity contribution is 0.217. The summed E-state index contributed by atoms with van der Waals surface area (Å²) in [5, 5.41) is 3.40. The van der Waals surface area contributed by atoms with Crippen molar-refractivity contribution in [2.75, 3.05) is 6.54 Å². The van der Waals surface area contributed by atoms with Crippen LogP contribution in [0.2, 0.25) is 0 Å². The van der Waals surface area contributed by atoms with Crippen molar-refractivity contribution < 1.29 is 0 Å². The van der Waals surface area contributed by atoms with Gasteiger partial charge in [0.15, 0.2) is 0 Å². The number of hydrogen-bond donors (Lipinski definition) is 1. The normalized spacial score (nSPS) is 22.6. The van der Waals surface area contributed by atoms with E-state index < -0.39 is 0 Å². The van der Waals surface area contributed by atoms with Crippen LogP contribution in [0.25, 0.3) is 0 Å². The molecule has 1 saturated carbocycles. The van der Waals surface area contributed by atoms with Crippen LogP contribution in [0, 0.1) is 12.8 Å². The Bertz CT molecular complexity index is 390. The number of hydrogen-bond acceptors (Lipinski definition) is 2. The second kappa shape index (κ2) is 3.88. The molecule has 3 nitrogen and oxygen atoms in total. The van der Waals surface area contributed by atoms with Gasteiger partial charge >= 0.3 is 0 Å². The van der Waals surface area contributed by atoms with Crippen molar-refractivity contribution in [3.8, 4) is 0 Å². The first kappa shape index (κ1) is 10.3. The van der Waals surface area contributed by atoms with Crippen LogP contribution >= 0.6 is 0 Å². The number of nitrogens with zero attached hydrogens (tertiary/aromatic N) is 2. The van der Waals surface area contributed by atoms with Gasteiger partial charge in [-0.2, -0.15) is 0 Å². The fourth-order valence-electron chi connectivity index (χ4n) is 3.14. The predicted octanol–water partition coefficient (Wildman–Crippen LogP) is 2.20. The van der Waals surface area contributed by atoms with E-state index >= 15 is 0 Å². The van der Waals surface area contributed by atoms with E-state index in [0.29, 0.717) is 6.04 Å². The van der Waals surface area contributed by atoms with Gasteiger partial charge in [0, 0.05) is 31.2 Å². The molecule has 0 aromatic carbocycles. The van der Waals surface area contributed by atoms with Crippen LogP contribution in [-0.4, -0.2) is 16.1 Å². The Morgan fingerprint density at radius 1 is 1.44 bits per heavy atom. The molecule has 1 aliphatic carbocycles. The van der Waals surface area contributed by atoms with Gasteiger partial charge < -0.3 is 9.88 Å². The highest BCUT2D eigenvalue weighted by molar-refractivity contribution is 5.21. The van der Waals surface area contributed by atoms with Crippen LogP contribution in [0.1, 0.15) is 49.4 Å². The lowest BCUT2D eigenvalue weighted by Gasteiger charge is -2.34. The summed E-state index contributed by atoms with van der Waals surface area (Å²) in [4.78, 5) is 4.71. The van der Waals surface area contributed by atoms with Crippen LogP contribution in [0.15, 0.2) is 0 Å². The van der Waals surface area contributed by atoms with Gasteiger partial charge in [-0.05, 0) is 32.6 Å². The zero-order chi connectivity index (χ0) is 11.1. The summed E-state index contributed by atoms with van der Waals surface area (Å²) in [6.07, 6.45) is 5.39. The van der Waals surface area contributed by atoms with Gasteiger partial charge in [0.1, 0.15) is 5.82 Å². The van der Waals surface area contributed by atoms with Crippen LogP contribution in [0.3, 0.4) is 0 Å². The highest BCUT2D eigenvalue weighted by Gasteiger charge is 2.29. The predicted molar refractivity (Wildman–Crippen MR) is 64.4 cm³/mol. The topological polar surface area (TPSA) is 29.9 Å². The summed E-state index contributed by atoms with van der Waals surface area (Å²) in [5.41, 5.74) is 2.78. The molecular weight excluding hydrogens is 198 g/mol. The molecule has 2 aliphatic rings. The summed E-state index contributed by atoms with van der Waals surface area (Å²) in [7, 11) is 0. The molecule has 0 spiro atoms. The fourth-order valence-corrected chi connectivity index (χ4v) is 3.14. The smallest absolute Gasteiger partial charge is 0.106 e. The van der Waals surface area contributed by atoms with E-state index in [1.54, 1.807) is 0 Å². The lowest BCUT2D eigenvalue weighted by atomic mass is 9.80. The molecule has 0 saturated heterocycles. The number of imidazole rings is 1. The van der Waals surface area contributed by atoms with Gasteiger partial charge in [-0.1, -0.05) is 6.42 Å². The first-order chi connectivity index (χ1) is 7.77. The molecule has 0 bridgehead atoms. The summed E-state index contributed by atoms with van der Waals surface area (Å²) >= 11 is 0. The van der Waals surface area contributed by atoms with Crippen molar-refractivity contribution in [3.63, 3.8) is 0 Å². The second-order valence-corrected chi connectivity index (χ2v) is 5.28. The maximum absolute atomic E-state index is 4.71. The lowest BCUT2D eigenvalue weighted by Crippen LogP contribution is -2.29. The first-order valence-electron chi connectivity index (χ1n) is 6.54. The number of fused-ring (bicyclic) bond motifs is 1. The van der Waals surface area contributed by atoms with E-state index in [1.165, 1.54) is 36.5 Å². The fraction of sp³-hybridized carbons (Fsp3) is 0.769. The van der Waals surface area contributed by atoms with Crippen LogP contribution in [0.4, 0.5) is 0 Å². The molecule has 1 atom stereocenters. The maximum atomic E-state index is 4.71. The standard InChI is InChI=1S/C13H21N3/c1-9(11-4-3-5-11)16-10(2)15-12-8-14-7-6-13(12)16/h9,11,14H,3-8H2,1-2H3. The number of rotatable bonds is 2. The Morgan fingerprint density at radius 2 is 2.25 bits per heavy atom. The third-order valence-electron chi connectivity index (χ3n) is 4.34. The Kier molecular flexibility index (Phi) is 2.51. The summed E-state index contributed by atoms with van der Waals surface area (Å²) in [5.74, 6) is 2.11. The van der Waals surface area contributed by atoms with Gasteiger partial charge in [-0.25, -0.2) is 4.98 Å². The molecule has 16 heavy (non-hydrogen) atoms.